The van der Waals surface area contributed by atoms with Gasteiger partial charge in [0.25, 0.3) is 6.01 Å². The van der Waals surface area contributed by atoms with Gasteiger partial charge in [-0.05, 0) is 12.1 Å². The van der Waals surface area contributed by atoms with Crippen LogP contribution in [0.4, 0.5) is 19.2 Å². The molecule has 1 aliphatic heterocycles. The number of benzene rings is 1. The first-order chi connectivity index (χ1) is 11.0. The van der Waals surface area contributed by atoms with Gasteiger partial charge in [0.2, 0.25) is 0 Å². The van der Waals surface area contributed by atoms with Crippen molar-refractivity contribution < 1.29 is 17.6 Å². The molecule has 0 aliphatic carbocycles. The third-order valence-electron chi connectivity index (χ3n) is 3.63. The first-order valence-corrected chi connectivity index (χ1v) is 6.94. The minimum absolute atomic E-state index is 0.380. The van der Waals surface area contributed by atoms with E-state index in [0.29, 0.717) is 43.5 Å². The molecule has 2 heterocycles. The number of aromatic nitrogens is 1. The summed E-state index contributed by atoms with van der Waals surface area (Å²) in [5.41, 5.74) is -0.191. The molecule has 0 amide bonds. The molecule has 9 heteroatoms. The van der Waals surface area contributed by atoms with Gasteiger partial charge >= 0.3 is 6.18 Å². The number of piperazine rings is 1. The van der Waals surface area contributed by atoms with Gasteiger partial charge in [-0.3, -0.25) is 5.01 Å². The van der Waals surface area contributed by atoms with E-state index in [4.69, 9.17) is 4.42 Å². The number of rotatable bonds is 3. The lowest BCUT2D eigenvalue weighted by Crippen LogP contribution is -2.44. The lowest BCUT2D eigenvalue weighted by molar-refractivity contribution is -0.137. The van der Waals surface area contributed by atoms with Crippen molar-refractivity contribution in [2.75, 3.05) is 31.1 Å². The van der Waals surface area contributed by atoms with E-state index in [1.165, 1.54) is 23.3 Å². The van der Waals surface area contributed by atoms with Crippen molar-refractivity contribution in [2.45, 2.75) is 6.18 Å². The molecule has 3 rings (SSSR count). The van der Waals surface area contributed by atoms with E-state index in [1.54, 1.807) is 0 Å². The van der Waals surface area contributed by atoms with Gasteiger partial charge in [-0.2, -0.15) is 13.2 Å². The molecule has 0 unspecified atom stereocenters. The molecular weight excluding hydrogens is 313 g/mol. The molecule has 0 N–H and O–H groups in total. The average molecular weight is 326 g/mol. The van der Waals surface area contributed by atoms with Gasteiger partial charge in [0.1, 0.15) is 0 Å². The zero-order chi connectivity index (χ0) is 16.4. The van der Waals surface area contributed by atoms with Crippen LogP contribution in [0.3, 0.4) is 0 Å². The van der Waals surface area contributed by atoms with Gasteiger partial charge in [0.15, 0.2) is 5.76 Å². The van der Waals surface area contributed by atoms with Gasteiger partial charge in [-0.1, -0.05) is 12.1 Å². The molecule has 23 heavy (non-hydrogen) atoms. The molecule has 0 radical (unpaired) electrons. The topological polar surface area (TPSA) is 61.9 Å². The van der Waals surface area contributed by atoms with Crippen LogP contribution in [0, 0.1) is 4.91 Å². The fraction of sp³-hybridized carbons (Fsp3) is 0.357. The maximum atomic E-state index is 12.6. The molecule has 1 aromatic heterocycles. The molecule has 1 aliphatic rings. The zero-order valence-electron chi connectivity index (χ0n) is 12.0. The van der Waals surface area contributed by atoms with Crippen LogP contribution in [-0.4, -0.2) is 36.2 Å². The summed E-state index contributed by atoms with van der Waals surface area (Å²) in [7, 11) is 0. The van der Waals surface area contributed by atoms with Gasteiger partial charge < -0.3 is 9.32 Å². The molecule has 2 aromatic rings. The fourth-order valence-corrected chi connectivity index (χ4v) is 2.34. The Bertz CT molecular complexity index is 676. The minimum atomic E-state index is -4.36. The number of nitroso groups, excluding NO2 is 1. The Morgan fingerprint density at radius 2 is 1.74 bits per heavy atom. The van der Waals surface area contributed by atoms with E-state index in [2.05, 4.69) is 10.3 Å². The van der Waals surface area contributed by atoms with Crippen molar-refractivity contribution in [3.05, 3.63) is 40.9 Å². The highest BCUT2D eigenvalue weighted by Gasteiger charge is 2.30. The molecule has 0 bridgehead atoms. The normalized spacial score (nSPS) is 15.8. The molecule has 0 atom stereocenters. The Kier molecular flexibility index (Phi) is 3.93. The van der Waals surface area contributed by atoms with Gasteiger partial charge in [0, 0.05) is 18.7 Å². The second-order valence-corrected chi connectivity index (χ2v) is 5.10. The van der Waals surface area contributed by atoms with E-state index >= 15 is 0 Å². The predicted octanol–water partition coefficient (Wildman–Crippen LogP) is 3.16. The monoisotopic (exact) mass is 326 g/mol. The summed E-state index contributed by atoms with van der Waals surface area (Å²) in [6.07, 6.45) is -2.89. The molecule has 1 saturated heterocycles. The van der Waals surface area contributed by atoms with E-state index in [-0.39, 0.29) is 0 Å². The van der Waals surface area contributed by atoms with Crippen molar-refractivity contribution in [1.29, 1.82) is 0 Å². The number of hydrogen-bond acceptors (Lipinski definition) is 5. The SMILES string of the molecule is O=NN1CCN(c2ncc(-c3ccc(C(F)(F)F)cc3)o2)CC1. The number of nitrogens with zero attached hydrogens (tertiary/aromatic N) is 4. The van der Waals surface area contributed by atoms with E-state index in [9.17, 15) is 18.1 Å². The summed E-state index contributed by atoms with van der Waals surface area (Å²) in [5.74, 6) is 0.393. The highest BCUT2D eigenvalue weighted by molar-refractivity contribution is 5.58. The van der Waals surface area contributed by atoms with E-state index in [0.717, 1.165) is 12.1 Å². The molecule has 0 spiro atoms. The second-order valence-electron chi connectivity index (χ2n) is 5.10. The summed E-state index contributed by atoms with van der Waals surface area (Å²) in [4.78, 5) is 16.4. The Labute approximate surface area is 129 Å². The van der Waals surface area contributed by atoms with E-state index < -0.39 is 11.7 Å². The summed E-state index contributed by atoms with van der Waals surface area (Å²) in [6.45, 7) is 2.03. The highest BCUT2D eigenvalue weighted by Crippen LogP contribution is 2.31. The number of oxazole rings is 1. The Hall–Kier alpha value is -2.58. The highest BCUT2D eigenvalue weighted by atomic mass is 19.4. The first-order valence-electron chi connectivity index (χ1n) is 6.94. The number of anilines is 1. The molecule has 1 fully saturated rings. The van der Waals surface area contributed by atoms with Crippen LogP contribution in [0.5, 0.6) is 0 Å². The lowest BCUT2D eigenvalue weighted by atomic mass is 10.1. The third-order valence-corrected chi connectivity index (χ3v) is 3.63. The van der Waals surface area contributed by atoms with Crippen LogP contribution in [0.25, 0.3) is 11.3 Å². The fourth-order valence-electron chi connectivity index (χ4n) is 2.34. The minimum Gasteiger partial charge on any atom is -0.423 e. The zero-order valence-corrected chi connectivity index (χ0v) is 12.0. The standard InChI is InChI=1S/C14H13F3N4O2/c15-14(16,17)11-3-1-10(2-4-11)12-9-18-13(23-12)20-5-7-21(19-22)8-6-20/h1-4,9H,5-8H2. The predicted molar refractivity (Wildman–Crippen MR) is 76.5 cm³/mol. The summed E-state index contributed by atoms with van der Waals surface area (Å²) in [5, 5.41) is 4.28. The van der Waals surface area contributed by atoms with Crippen LogP contribution in [0.1, 0.15) is 5.56 Å². The molecule has 122 valence electrons. The quantitative estimate of drug-likeness (QED) is 0.811. The van der Waals surface area contributed by atoms with Crippen molar-refractivity contribution in [3.63, 3.8) is 0 Å². The maximum absolute atomic E-state index is 12.6. The number of halogens is 3. The Balaban J connectivity index is 1.73. The van der Waals surface area contributed by atoms with Crippen molar-refractivity contribution in [1.82, 2.24) is 9.99 Å². The van der Waals surface area contributed by atoms with Gasteiger partial charge in [0.05, 0.1) is 30.1 Å². The lowest BCUT2D eigenvalue weighted by Gasteiger charge is -2.29. The van der Waals surface area contributed by atoms with Crippen LogP contribution in [0.15, 0.2) is 40.2 Å². The van der Waals surface area contributed by atoms with Crippen molar-refractivity contribution >= 4 is 6.01 Å². The molecule has 1 aromatic carbocycles. The van der Waals surface area contributed by atoms with Crippen LogP contribution >= 0.6 is 0 Å². The maximum Gasteiger partial charge on any atom is 0.416 e. The van der Waals surface area contributed by atoms with Gasteiger partial charge in [-0.15, -0.1) is 4.91 Å². The van der Waals surface area contributed by atoms with Crippen molar-refractivity contribution in [3.8, 4) is 11.3 Å². The first kappa shape index (κ1) is 15.3. The van der Waals surface area contributed by atoms with Crippen LogP contribution in [-0.2, 0) is 6.18 Å². The Morgan fingerprint density at radius 3 is 2.30 bits per heavy atom. The largest absolute Gasteiger partial charge is 0.423 e. The van der Waals surface area contributed by atoms with E-state index in [1.807, 2.05) is 4.90 Å². The molecule has 0 saturated carbocycles. The van der Waals surface area contributed by atoms with Gasteiger partial charge in [-0.25, -0.2) is 4.98 Å². The Morgan fingerprint density at radius 1 is 1.09 bits per heavy atom. The molecular formula is C14H13F3N4O2. The van der Waals surface area contributed by atoms with Crippen LogP contribution < -0.4 is 4.90 Å². The smallest absolute Gasteiger partial charge is 0.416 e. The van der Waals surface area contributed by atoms with Crippen LogP contribution in [0.2, 0.25) is 0 Å². The molecule has 6 nitrogen and oxygen atoms in total. The number of hydrogen-bond donors (Lipinski definition) is 0. The number of alkyl halides is 3. The summed E-state index contributed by atoms with van der Waals surface area (Å²) >= 11 is 0. The summed E-state index contributed by atoms with van der Waals surface area (Å²) in [6, 6.07) is 5.09. The third kappa shape index (κ3) is 3.27. The van der Waals surface area contributed by atoms with Crippen molar-refractivity contribution in [2.24, 2.45) is 5.29 Å². The second kappa shape index (κ2) is 5.90. The average Bonchev–Trinajstić information content (AvgIpc) is 3.04. The summed E-state index contributed by atoms with van der Waals surface area (Å²) < 4.78 is 43.3.